The highest BCUT2D eigenvalue weighted by molar-refractivity contribution is 5.81. The third-order valence-corrected chi connectivity index (χ3v) is 6.15. The Labute approximate surface area is 185 Å². The molecule has 0 saturated heterocycles. The van der Waals surface area contributed by atoms with Gasteiger partial charge in [0, 0.05) is 18.8 Å². The second-order valence-electron chi connectivity index (χ2n) is 8.07. The molecule has 0 unspecified atom stereocenters. The fourth-order valence-electron chi connectivity index (χ4n) is 4.65. The molecular formula is C26H23NO5. The average molecular weight is 429 g/mol. The van der Waals surface area contributed by atoms with Crippen molar-refractivity contribution in [1.29, 1.82) is 0 Å². The molecule has 3 aromatic carbocycles. The molecule has 1 aliphatic carbocycles. The Morgan fingerprint density at radius 1 is 1.00 bits per heavy atom. The molecule has 6 nitrogen and oxygen atoms in total. The molecule has 0 fully saturated rings. The van der Waals surface area contributed by atoms with E-state index in [4.69, 9.17) is 9.47 Å². The van der Waals surface area contributed by atoms with Crippen molar-refractivity contribution >= 4 is 12.1 Å². The summed E-state index contributed by atoms with van der Waals surface area (Å²) < 4.78 is 11.2. The summed E-state index contributed by atoms with van der Waals surface area (Å²) in [6.07, 6.45) is 0.191. The van der Waals surface area contributed by atoms with Gasteiger partial charge < -0.3 is 19.9 Å². The summed E-state index contributed by atoms with van der Waals surface area (Å²) in [5.41, 5.74) is 6.32. The Morgan fingerprint density at radius 3 is 2.38 bits per heavy atom. The molecule has 3 aromatic rings. The third-order valence-electron chi connectivity index (χ3n) is 6.15. The number of hydrogen-bond donors (Lipinski definition) is 2. The standard InChI is InChI=1S/C26H23NO5/c28-25(29)23(14-17-7-5-6-16-12-13-31-24(16)17)27-26(30)32-15-22-20-10-3-1-8-18(20)19-9-2-4-11-21(19)22/h1-11,22-23H,12-15H2,(H,27,30)(H,28,29)/t23-/m0/s1. The number of amides is 1. The van der Waals surface area contributed by atoms with Crippen molar-refractivity contribution in [2.24, 2.45) is 0 Å². The van der Waals surface area contributed by atoms with E-state index in [1.807, 2.05) is 54.6 Å². The van der Waals surface area contributed by atoms with Crippen molar-refractivity contribution < 1.29 is 24.2 Å². The first-order valence-electron chi connectivity index (χ1n) is 10.7. The molecule has 6 heteroatoms. The Kier molecular flexibility index (Phi) is 5.27. The van der Waals surface area contributed by atoms with Crippen LogP contribution in [0.3, 0.4) is 0 Å². The number of fused-ring (bicyclic) bond motifs is 4. The lowest BCUT2D eigenvalue weighted by Crippen LogP contribution is -2.43. The molecule has 162 valence electrons. The minimum absolute atomic E-state index is 0.0813. The first kappa shape index (κ1) is 20.1. The van der Waals surface area contributed by atoms with Crippen LogP contribution in [0.4, 0.5) is 4.79 Å². The molecule has 5 rings (SSSR count). The molecule has 2 N–H and O–H groups in total. The highest BCUT2D eigenvalue weighted by Crippen LogP contribution is 2.44. The van der Waals surface area contributed by atoms with E-state index in [2.05, 4.69) is 17.4 Å². The Hall–Kier alpha value is -3.80. The summed E-state index contributed by atoms with van der Waals surface area (Å²) in [4.78, 5) is 24.4. The fourth-order valence-corrected chi connectivity index (χ4v) is 4.65. The topological polar surface area (TPSA) is 84.9 Å². The number of aliphatic carboxylic acids is 1. The summed E-state index contributed by atoms with van der Waals surface area (Å²) in [6, 6.07) is 20.7. The van der Waals surface area contributed by atoms with Gasteiger partial charge in [-0.1, -0.05) is 66.7 Å². The maximum absolute atomic E-state index is 12.5. The molecule has 0 bridgehead atoms. The van der Waals surface area contributed by atoms with E-state index < -0.39 is 18.1 Å². The quantitative estimate of drug-likeness (QED) is 0.615. The zero-order valence-electron chi connectivity index (χ0n) is 17.4. The fraction of sp³-hybridized carbons (Fsp3) is 0.231. The third kappa shape index (κ3) is 3.68. The molecule has 0 spiro atoms. The molecule has 0 saturated carbocycles. The second kappa shape index (κ2) is 8.38. The maximum Gasteiger partial charge on any atom is 0.407 e. The van der Waals surface area contributed by atoms with E-state index >= 15 is 0 Å². The predicted molar refractivity (Wildman–Crippen MR) is 119 cm³/mol. The minimum Gasteiger partial charge on any atom is -0.493 e. The van der Waals surface area contributed by atoms with Crippen LogP contribution in [-0.2, 0) is 22.4 Å². The highest BCUT2D eigenvalue weighted by Gasteiger charge is 2.30. The number of alkyl carbamates (subject to hydrolysis) is 1. The lowest BCUT2D eigenvalue weighted by molar-refractivity contribution is -0.139. The number of carbonyl (C=O) groups excluding carboxylic acids is 1. The van der Waals surface area contributed by atoms with E-state index in [-0.39, 0.29) is 18.9 Å². The van der Waals surface area contributed by atoms with Crippen molar-refractivity contribution in [3.63, 3.8) is 0 Å². The van der Waals surface area contributed by atoms with Gasteiger partial charge in [-0.15, -0.1) is 0 Å². The van der Waals surface area contributed by atoms with Gasteiger partial charge in [0.15, 0.2) is 0 Å². The van der Waals surface area contributed by atoms with E-state index in [0.717, 1.165) is 45.6 Å². The van der Waals surface area contributed by atoms with Crippen LogP contribution < -0.4 is 10.1 Å². The van der Waals surface area contributed by atoms with Gasteiger partial charge in [0.25, 0.3) is 0 Å². The largest absolute Gasteiger partial charge is 0.493 e. The van der Waals surface area contributed by atoms with Crippen LogP contribution in [0.1, 0.15) is 28.2 Å². The van der Waals surface area contributed by atoms with E-state index in [0.29, 0.717) is 6.61 Å². The molecule has 2 aliphatic rings. The number of rotatable bonds is 6. The monoisotopic (exact) mass is 429 g/mol. The van der Waals surface area contributed by atoms with Crippen LogP contribution in [0.15, 0.2) is 66.7 Å². The molecule has 0 aromatic heterocycles. The molecular weight excluding hydrogens is 406 g/mol. The zero-order chi connectivity index (χ0) is 22.1. The number of benzene rings is 3. The summed E-state index contributed by atoms with van der Waals surface area (Å²) in [7, 11) is 0. The Balaban J connectivity index is 1.27. The van der Waals surface area contributed by atoms with Gasteiger partial charge in [0.05, 0.1) is 6.61 Å². The lowest BCUT2D eigenvalue weighted by atomic mass is 9.98. The van der Waals surface area contributed by atoms with Crippen LogP contribution in [0.5, 0.6) is 5.75 Å². The number of nitrogens with one attached hydrogen (secondary N) is 1. The summed E-state index contributed by atoms with van der Waals surface area (Å²) in [6.45, 7) is 0.722. The summed E-state index contributed by atoms with van der Waals surface area (Å²) in [5, 5.41) is 12.2. The predicted octanol–water partition coefficient (Wildman–Crippen LogP) is 4.16. The van der Waals surface area contributed by atoms with E-state index in [1.54, 1.807) is 0 Å². The highest BCUT2D eigenvalue weighted by atomic mass is 16.5. The van der Waals surface area contributed by atoms with Gasteiger partial charge in [-0.25, -0.2) is 9.59 Å². The smallest absolute Gasteiger partial charge is 0.407 e. The minimum atomic E-state index is -1.12. The molecule has 1 heterocycles. The van der Waals surface area contributed by atoms with Gasteiger partial charge >= 0.3 is 12.1 Å². The Bertz CT molecular complexity index is 1140. The molecule has 32 heavy (non-hydrogen) atoms. The van der Waals surface area contributed by atoms with Crippen LogP contribution in [-0.4, -0.2) is 36.4 Å². The van der Waals surface area contributed by atoms with Crippen molar-refractivity contribution in [2.75, 3.05) is 13.2 Å². The normalized spacial score (nSPS) is 14.6. The SMILES string of the molecule is O=C(N[C@@H](Cc1cccc2c1OCC2)C(=O)O)OCC1c2ccccc2-c2ccccc21. The zero-order valence-corrected chi connectivity index (χ0v) is 17.4. The van der Waals surface area contributed by atoms with Crippen LogP contribution in [0.25, 0.3) is 11.1 Å². The number of carbonyl (C=O) groups is 2. The molecule has 0 radical (unpaired) electrons. The first-order valence-corrected chi connectivity index (χ1v) is 10.7. The van der Waals surface area contributed by atoms with Gasteiger partial charge in [0.2, 0.25) is 0 Å². The van der Waals surface area contributed by atoms with Crippen molar-refractivity contribution in [1.82, 2.24) is 5.32 Å². The molecule has 1 atom stereocenters. The maximum atomic E-state index is 12.5. The van der Waals surface area contributed by atoms with Crippen LogP contribution in [0.2, 0.25) is 0 Å². The van der Waals surface area contributed by atoms with Crippen molar-refractivity contribution in [2.45, 2.75) is 24.8 Å². The Morgan fingerprint density at radius 2 is 1.69 bits per heavy atom. The number of hydrogen-bond acceptors (Lipinski definition) is 4. The molecule has 1 aliphatic heterocycles. The van der Waals surface area contributed by atoms with Crippen LogP contribution in [0, 0.1) is 0 Å². The average Bonchev–Trinajstić information content (AvgIpc) is 3.41. The summed E-state index contributed by atoms with van der Waals surface area (Å²) in [5.74, 6) is -0.468. The summed E-state index contributed by atoms with van der Waals surface area (Å²) >= 11 is 0. The van der Waals surface area contributed by atoms with E-state index in [1.165, 1.54) is 0 Å². The molecule has 1 amide bonds. The second-order valence-corrected chi connectivity index (χ2v) is 8.07. The van der Waals surface area contributed by atoms with Crippen LogP contribution >= 0.6 is 0 Å². The first-order chi connectivity index (χ1) is 15.6. The number of carboxylic acids is 1. The number of para-hydroxylation sites is 1. The van der Waals surface area contributed by atoms with Crippen molar-refractivity contribution in [3.05, 3.63) is 89.0 Å². The van der Waals surface area contributed by atoms with Crippen molar-refractivity contribution in [3.8, 4) is 16.9 Å². The van der Waals surface area contributed by atoms with Gasteiger partial charge in [-0.05, 0) is 33.4 Å². The van der Waals surface area contributed by atoms with E-state index in [9.17, 15) is 14.7 Å². The van der Waals surface area contributed by atoms with Gasteiger partial charge in [0.1, 0.15) is 18.4 Å². The van der Waals surface area contributed by atoms with Gasteiger partial charge in [-0.3, -0.25) is 0 Å². The number of ether oxygens (including phenoxy) is 2. The lowest BCUT2D eigenvalue weighted by Gasteiger charge is -2.18. The van der Waals surface area contributed by atoms with Gasteiger partial charge in [-0.2, -0.15) is 0 Å². The number of carboxylic acid groups (broad SMARTS) is 1.